The number of fused-ring (bicyclic) bond motifs is 1. The molecular weight excluding hydrogens is 336 g/mol. The number of esters is 1. The van der Waals surface area contributed by atoms with Gasteiger partial charge in [-0.1, -0.05) is 27.5 Å². The summed E-state index contributed by atoms with van der Waals surface area (Å²) in [5.74, 6) is -0.147. The molecule has 1 heterocycles. The second-order valence-corrected chi connectivity index (χ2v) is 4.86. The first-order chi connectivity index (χ1) is 9.01. The summed E-state index contributed by atoms with van der Waals surface area (Å²) in [5, 5.41) is 1.53. The minimum Gasteiger partial charge on any atom is -0.458 e. The van der Waals surface area contributed by atoms with E-state index in [-0.39, 0.29) is 18.0 Å². The third kappa shape index (κ3) is 3.13. The highest BCUT2D eigenvalue weighted by Crippen LogP contribution is 2.23. The van der Waals surface area contributed by atoms with E-state index in [0.717, 1.165) is 5.56 Å². The molecule has 7 heteroatoms. The van der Waals surface area contributed by atoms with Crippen molar-refractivity contribution in [2.45, 2.75) is 18.9 Å². The fourth-order valence-corrected chi connectivity index (χ4v) is 2.44. The van der Waals surface area contributed by atoms with Crippen LogP contribution in [0.3, 0.4) is 0 Å². The van der Waals surface area contributed by atoms with E-state index in [1.165, 1.54) is 6.92 Å². The predicted molar refractivity (Wildman–Crippen MR) is 75.5 cm³/mol. The fourth-order valence-electron chi connectivity index (χ4n) is 1.59. The molecule has 0 fully saturated rings. The number of nitrogens with zero attached hydrogens (tertiary/aromatic N) is 1. The third-order valence-electron chi connectivity index (χ3n) is 2.48. The number of carbonyl (C=O) groups is 1. The number of aromatic amines is 1. The lowest BCUT2D eigenvalue weighted by Crippen LogP contribution is -2.14. The number of H-pyrrole nitrogens is 1. The molecule has 0 aliphatic carbocycles. The van der Waals surface area contributed by atoms with Crippen LogP contribution in [-0.2, 0) is 21.5 Å². The van der Waals surface area contributed by atoms with Crippen molar-refractivity contribution >= 4 is 44.4 Å². The first-order valence-corrected chi connectivity index (χ1v) is 6.92. The second kappa shape index (κ2) is 5.71. The Morgan fingerprint density at radius 3 is 2.89 bits per heavy atom. The van der Waals surface area contributed by atoms with Gasteiger partial charge in [-0.2, -0.15) is 0 Å². The van der Waals surface area contributed by atoms with Crippen molar-refractivity contribution in [1.82, 2.24) is 9.97 Å². The summed E-state index contributed by atoms with van der Waals surface area (Å²) < 4.78 is 4.79. The molecule has 1 aromatic carbocycles. The van der Waals surface area contributed by atoms with Crippen molar-refractivity contribution in [1.29, 1.82) is 0 Å². The van der Waals surface area contributed by atoms with Crippen molar-refractivity contribution in [3.8, 4) is 0 Å². The number of hydrogen-bond donors (Lipinski definition) is 1. The summed E-state index contributed by atoms with van der Waals surface area (Å²) in [4.78, 5) is 29.4. The van der Waals surface area contributed by atoms with E-state index in [1.807, 2.05) is 0 Å². The molecule has 0 saturated heterocycles. The second-order valence-electron chi connectivity index (χ2n) is 3.89. The average Bonchev–Trinajstić information content (AvgIpc) is 2.35. The Balaban J connectivity index is 2.51. The van der Waals surface area contributed by atoms with Crippen molar-refractivity contribution in [3.63, 3.8) is 0 Å². The molecule has 0 unspecified atom stereocenters. The third-order valence-corrected chi connectivity index (χ3v) is 3.43. The molecular formula is C12H10BrClN2O3. The van der Waals surface area contributed by atoms with Crippen LogP contribution in [0.5, 0.6) is 0 Å². The summed E-state index contributed by atoms with van der Waals surface area (Å²) in [6.07, 6.45) is 0. The lowest BCUT2D eigenvalue weighted by Gasteiger charge is -2.06. The Bertz CT molecular complexity index is 699. The Kier molecular flexibility index (Phi) is 4.21. The number of benzene rings is 1. The maximum Gasteiger partial charge on any atom is 0.303 e. The van der Waals surface area contributed by atoms with Gasteiger partial charge < -0.3 is 9.72 Å². The molecule has 5 nitrogen and oxygen atoms in total. The van der Waals surface area contributed by atoms with Gasteiger partial charge in [-0.25, -0.2) is 4.98 Å². The molecule has 2 aromatic rings. The van der Waals surface area contributed by atoms with Crippen LogP contribution in [0.15, 0.2) is 16.9 Å². The highest BCUT2D eigenvalue weighted by Gasteiger charge is 2.09. The zero-order chi connectivity index (χ0) is 14.0. The number of aromatic nitrogens is 2. The summed E-state index contributed by atoms with van der Waals surface area (Å²) >= 11 is 9.37. The molecule has 0 spiro atoms. The van der Waals surface area contributed by atoms with Gasteiger partial charge in [-0.15, -0.1) is 0 Å². The Morgan fingerprint density at radius 2 is 2.26 bits per heavy atom. The normalized spacial score (nSPS) is 10.7. The molecule has 19 heavy (non-hydrogen) atoms. The van der Waals surface area contributed by atoms with Gasteiger partial charge >= 0.3 is 5.97 Å². The summed E-state index contributed by atoms with van der Waals surface area (Å²) in [6, 6.07) is 3.31. The van der Waals surface area contributed by atoms with Crippen molar-refractivity contribution in [2.75, 3.05) is 0 Å². The summed E-state index contributed by atoms with van der Waals surface area (Å²) in [6.45, 7) is 1.22. The van der Waals surface area contributed by atoms with Gasteiger partial charge in [-0.05, 0) is 17.7 Å². The molecule has 0 bridgehead atoms. The van der Waals surface area contributed by atoms with Crippen LogP contribution in [0.2, 0.25) is 5.02 Å². The summed E-state index contributed by atoms with van der Waals surface area (Å²) in [7, 11) is 0. The quantitative estimate of drug-likeness (QED) is 0.685. The van der Waals surface area contributed by atoms with E-state index in [4.69, 9.17) is 16.3 Å². The molecule has 0 amide bonds. The van der Waals surface area contributed by atoms with Gasteiger partial charge in [0.1, 0.15) is 12.4 Å². The predicted octanol–water partition coefficient (Wildman–Crippen LogP) is 2.53. The molecule has 0 radical (unpaired) electrons. The number of ether oxygens (including phenoxy) is 1. The SMILES string of the molecule is CC(=O)OCc1nc2cc(Cl)c(CBr)cc2c(=O)[nH]1. The van der Waals surface area contributed by atoms with Crippen molar-refractivity contribution in [3.05, 3.63) is 38.9 Å². The Morgan fingerprint density at radius 1 is 1.53 bits per heavy atom. The standard InChI is InChI=1S/C12H10BrClN2O3/c1-6(17)19-5-11-15-10-3-9(14)7(4-13)2-8(10)12(18)16-11/h2-3H,4-5H2,1H3,(H,15,16,18). The molecule has 0 aliphatic rings. The van der Waals surface area contributed by atoms with Crippen molar-refractivity contribution in [2.24, 2.45) is 0 Å². The zero-order valence-corrected chi connectivity index (χ0v) is 12.3. The van der Waals surface area contributed by atoms with Gasteiger partial charge in [0.05, 0.1) is 10.9 Å². The number of halogens is 2. The molecule has 100 valence electrons. The minimum absolute atomic E-state index is 0.0711. The van der Waals surface area contributed by atoms with E-state index in [2.05, 4.69) is 25.9 Å². The van der Waals surface area contributed by atoms with Crippen LogP contribution in [0.4, 0.5) is 0 Å². The first-order valence-electron chi connectivity index (χ1n) is 5.42. The molecule has 2 rings (SSSR count). The fraction of sp³-hybridized carbons (Fsp3) is 0.250. The number of rotatable bonds is 3. The van der Waals surface area contributed by atoms with Gasteiger partial charge in [-0.3, -0.25) is 9.59 Å². The van der Waals surface area contributed by atoms with Gasteiger partial charge in [0.15, 0.2) is 0 Å². The maximum atomic E-state index is 11.9. The van der Waals surface area contributed by atoms with E-state index in [1.54, 1.807) is 12.1 Å². The lowest BCUT2D eigenvalue weighted by atomic mass is 10.1. The highest BCUT2D eigenvalue weighted by atomic mass is 79.9. The zero-order valence-electron chi connectivity index (χ0n) is 10.00. The number of alkyl halides is 1. The number of carbonyl (C=O) groups excluding carboxylic acids is 1. The Hall–Kier alpha value is -1.40. The minimum atomic E-state index is -0.435. The van der Waals surface area contributed by atoms with E-state index in [9.17, 15) is 9.59 Å². The average molecular weight is 346 g/mol. The first kappa shape index (κ1) is 14.0. The van der Waals surface area contributed by atoms with Crippen molar-refractivity contribution < 1.29 is 9.53 Å². The largest absolute Gasteiger partial charge is 0.458 e. The van der Waals surface area contributed by atoms with E-state index < -0.39 is 5.97 Å². The molecule has 0 aliphatic heterocycles. The molecule has 0 atom stereocenters. The summed E-state index contributed by atoms with van der Waals surface area (Å²) in [5.41, 5.74) is 1.00. The topological polar surface area (TPSA) is 72.0 Å². The van der Waals surface area contributed by atoms with Crippen LogP contribution in [0.1, 0.15) is 18.3 Å². The van der Waals surface area contributed by atoms with Crippen LogP contribution in [0.25, 0.3) is 10.9 Å². The molecule has 1 aromatic heterocycles. The molecule has 0 saturated carbocycles. The maximum absolute atomic E-state index is 11.9. The number of nitrogens with one attached hydrogen (secondary N) is 1. The van der Waals surface area contributed by atoms with Crippen LogP contribution in [0, 0.1) is 0 Å². The van der Waals surface area contributed by atoms with Crippen LogP contribution < -0.4 is 5.56 Å². The van der Waals surface area contributed by atoms with Gasteiger partial charge in [0, 0.05) is 17.3 Å². The highest BCUT2D eigenvalue weighted by molar-refractivity contribution is 9.08. The molecule has 1 N–H and O–H groups in total. The number of hydrogen-bond acceptors (Lipinski definition) is 4. The lowest BCUT2D eigenvalue weighted by molar-refractivity contribution is -0.142. The Labute approximate surface area is 122 Å². The van der Waals surface area contributed by atoms with E-state index >= 15 is 0 Å². The monoisotopic (exact) mass is 344 g/mol. The van der Waals surface area contributed by atoms with Crippen LogP contribution >= 0.6 is 27.5 Å². The van der Waals surface area contributed by atoms with E-state index in [0.29, 0.717) is 21.3 Å². The van der Waals surface area contributed by atoms with Crippen LogP contribution in [-0.4, -0.2) is 15.9 Å². The van der Waals surface area contributed by atoms with Gasteiger partial charge in [0.2, 0.25) is 0 Å². The van der Waals surface area contributed by atoms with Gasteiger partial charge in [0.25, 0.3) is 5.56 Å². The smallest absolute Gasteiger partial charge is 0.303 e.